The standard InChI is InChI=1S/C13H16N2O2.C6H5ClN2O2/c1-10(9-14)15(11(2)17-12(3)16)13-7-5-4-6-8-13;7-5-3-4(9(10)11)1-2-6(5)8/h4-8,10-11H,1-3H3;1-3H,8H2. The van der Waals surface area contributed by atoms with Crippen molar-refractivity contribution >= 4 is 34.6 Å². The number of nitriles is 1. The SMILES string of the molecule is CC(=O)OC(C)N(c1ccccc1)C(C)C#N.Nc1ccc([N+](=O)[O-])cc1Cl. The molecule has 2 unspecified atom stereocenters. The average molecular weight is 405 g/mol. The molecule has 2 rings (SSSR count). The zero-order chi connectivity index (χ0) is 21.3. The number of anilines is 2. The molecular weight excluding hydrogens is 384 g/mol. The maximum Gasteiger partial charge on any atom is 0.304 e. The highest BCUT2D eigenvalue weighted by Crippen LogP contribution is 2.23. The molecule has 2 atom stereocenters. The number of ether oxygens (including phenoxy) is 1. The van der Waals surface area contributed by atoms with E-state index in [4.69, 9.17) is 27.3 Å². The monoisotopic (exact) mass is 404 g/mol. The number of nitrogens with two attached hydrogens (primary N) is 1. The second-order valence-corrected chi connectivity index (χ2v) is 6.13. The Hall–Kier alpha value is -3.31. The molecule has 28 heavy (non-hydrogen) atoms. The first-order chi connectivity index (χ1) is 13.2. The summed E-state index contributed by atoms with van der Waals surface area (Å²) in [4.78, 5) is 22.4. The number of non-ortho nitro benzene ring substituents is 1. The molecule has 0 aliphatic rings. The van der Waals surface area contributed by atoms with Gasteiger partial charge < -0.3 is 15.4 Å². The molecule has 0 bridgehead atoms. The van der Waals surface area contributed by atoms with Crippen LogP contribution in [0.2, 0.25) is 5.02 Å². The predicted molar refractivity (Wildman–Crippen MR) is 108 cm³/mol. The molecule has 0 saturated carbocycles. The van der Waals surface area contributed by atoms with Crippen molar-refractivity contribution in [3.05, 3.63) is 63.7 Å². The fourth-order valence-corrected chi connectivity index (χ4v) is 2.51. The van der Waals surface area contributed by atoms with Gasteiger partial charge in [0.2, 0.25) is 0 Å². The lowest BCUT2D eigenvalue weighted by atomic mass is 10.2. The third kappa shape index (κ3) is 6.78. The summed E-state index contributed by atoms with van der Waals surface area (Å²) in [6.45, 7) is 4.88. The first kappa shape index (κ1) is 22.7. The fraction of sp³-hybridized carbons (Fsp3) is 0.263. The molecule has 0 aliphatic heterocycles. The van der Waals surface area contributed by atoms with Gasteiger partial charge in [-0.1, -0.05) is 29.8 Å². The Morgan fingerprint density at radius 1 is 1.29 bits per heavy atom. The lowest BCUT2D eigenvalue weighted by Gasteiger charge is -2.32. The van der Waals surface area contributed by atoms with Crippen molar-refractivity contribution in [3.63, 3.8) is 0 Å². The minimum atomic E-state index is -0.522. The summed E-state index contributed by atoms with van der Waals surface area (Å²) in [5.41, 5.74) is 6.48. The van der Waals surface area contributed by atoms with Crippen molar-refractivity contribution in [1.82, 2.24) is 0 Å². The Kier molecular flexibility index (Phi) is 8.72. The van der Waals surface area contributed by atoms with Gasteiger partial charge in [-0.15, -0.1) is 0 Å². The molecule has 8 nitrogen and oxygen atoms in total. The molecular formula is C19H21ClN4O4. The lowest BCUT2D eigenvalue weighted by molar-refractivity contribution is -0.384. The van der Waals surface area contributed by atoms with E-state index in [1.165, 1.54) is 25.1 Å². The van der Waals surface area contributed by atoms with Crippen LogP contribution in [0.4, 0.5) is 17.1 Å². The number of nitrogen functional groups attached to an aromatic ring is 1. The zero-order valence-corrected chi connectivity index (χ0v) is 16.5. The maximum absolute atomic E-state index is 11.0. The van der Waals surface area contributed by atoms with E-state index in [0.29, 0.717) is 5.69 Å². The zero-order valence-electron chi connectivity index (χ0n) is 15.7. The number of carbonyl (C=O) groups excluding carboxylic acids is 1. The first-order valence-corrected chi connectivity index (χ1v) is 8.64. The molecule has 9 heteroatoms. The normalized spacial score (nSPS) is 11.8. The summed E-state index contributed by atoms with van der Waals surface area (Å²) in [6, 6.07) is 15.1. The average Bonchev–Trinajstić information content (AvgIpc) is 2.64. The van der Waals surface area contributed by atoms with Crippen LogP contribution in [-0.2, 0) is 9.53 Å². The Morgan fingerprint density at radius 2 is 1.89 bits per heavy atom. The number of halogens is 1. The number of hydrogen-bond donors (Lipinski definition) is 1. The second-order valence-electron chi connectivity index (χ2n) is 5.72. The van der Waals surface area contributed by atoms with Crippen LogP contribution in [0.1, 0.15) is 20.8 Å². The molecule has 0 aliphatic carbocycles. The van der Waals surface area contributed by atoms with Crippen molar-refractivity contribution in [2.75, 3.05) is 10.6 Å². The molecule has 0 radical (unpaired) electrons. The lowest BCUT2D eigenvalue weighted by Crippen LogP contribution is -2.42. The first-order valence-electron chi connectivity index (χ1n) is 8.27. The van der Waals surface area contributed by atoms with Gasteiger partial charge in [0.1, 0.15) is 6.04 Å². The fourth-order valence-electron chi connectivity index (χ4n) is 2.34. The van der Waals surface area contributed by atoms with Crippen LogP contribution in [0.3, 0.4) is 0 Å². The summed E-state index contributed by atoms with van der Waals surface area (Å²) in [5, 5.41) is 19.4. The molecule has 2 N–H and O–H groups in total. The summed E-state index contributed by atoms with van der Waals surface area (Å²) in [5.74, 6) is -0.358. The second kappa shape index (κ2) is 10.7. The molecule has 2 aromatic rings. The van der Waals surface area contributed by atoms with Gasteiger partial charge in [0, 0.05) is 24.7 Å². The molecule has 0 aromatic heterocycles. The summed E-state index contributed by atoms with van der Waals surface area (Å²) >= 11 is 5.53. The van der Waals surface area contributed by atoms with E-state index in [-0.39, 0.29) is 22.7 Å². The Morgan fingerprint density at radius 3 is 2.36 bits per heavy atom. The van der Waals surface area contributed by atoms with Gasteiger partial charge in [-0.2, -0.15) is 5.26 Å². The van der Waals surface area contributed by atoms with Crippen molar-refractivity contribution in [1.29, 1.82) is 5.26 Å². The van der Waals surface area contributed by atoms with Gasteiger partial charge in [0.05, 0.1) is 21.7 Å². The largest absolute Gasteiger partial charge is 0.442 e. The summed E-state index contributed by atoms with van der Waals surface area (Å²) < 4.78 is 5.13. The van der Waals surface area contributed by atoms with Crippen molar-refractivity contribution in [2.45, 2.75) is 33.0 Å². The van der Waals surface area contributed by atoms with Crippen LogP contribution >= 0.6 is 11.6 Å². The Bertz CT molecular complexity index is 855. The van der Waals surface area contributed by atoms with E-state index < -0.39 is 11.2 Å². The third-order valence-electron chi connectivity index (χ3n) is 3.58. The minimum absolute atomic E-state index is 0.0517. The number of hydrogen-bond acceptors (Lipinski definition) is 7. The Balaban J connectivity index is 0.000000307. The van der Waals surface area contributed by atoms with E-state index in [0.717, 1.165) is 5.69 Å². The van der Waals surface area contributed by atoms with Gasteiger partial charge in [-0.05, 0) is 32.0 Å². The van der Waals surface area contributed by atoms with E-state index in [1.54, 1.807) is 18.7 Å². The quantitative estimate of drug-likeness (QED) is 0.261. The number of nitro groups is 1. The van der Waals surface area contributed by atoms with E-state index in [9.17, 15) is 14.9 Å². The van der Waals surface area contributed by atoms with Crippen LogP contribution in [-0.4, -0.2) is 23.2 Å². The highest BCUT2D eigenvalue weighted by atomic mass is 35.5. The van der Waals surface area contributed by atoms with Gasteiger partial charge in [0.15, 0.2) is 6.23 Å². The van der Waals surface area contributed by atoms with Crippen LogP contribution < -0.4 is 10.6 Å². The molecule has 0 amide bonds. The molecule has 0 heterocycles. The third-order valence-corrected chi connectivity index (χ3v) is 3.91. The summed E-state index contributed by atoms with van der Waals surface area (Å²) in [6.07, 6.45) is -0.468. The number of para-hydroxylation sites is 1. The molecule has 148 valence electrons. The predicted octanol–water partition coefficient (Wildman–Crippen LogP) is 4.14. The number of nitrogens with zero attached hydrogens (tertiary/aromatic N) is 3. The topological polar surface area (TPSA) is 122 Å². The number of carbonyl (C=O) groups is 1. The number of esters is 1. The van der Waals surface area contributed by atoms with Gasteiger partial charge in [0.25, 0.3) is 5.69 Å². The van der Waals surface area contributed by atoms with Crippen molar-refractivity contribution in [2.24, 2.45) is 0 Å². The highest BCUT2D eigenvalue weighted by molar-refractivity contribution is 6.33. The smallest absolute Gasteiger partial charge is 0.304 e. The maximum atomic E-state index is 11.0. The molecule has 0 saturated heterocycles. The van der Waals surface area contributed by atoms with Crippen LogP contribution in [0, 0.1) is 21.4 Å². The van der Waals surface area contributed by atoms with E-state index >= 15 is 0 Å². The summed E-state index contributed by atoms with van der Waals surface area (Å²) in [7, 11) is 0. The number of benzene rings is 2. The Labute approximate surface area is 168 Å². The van der Waals surface area contributed by atoms with Gasteiger partial charge in [-0.25, -0.2) is 0 Å². The van der Waals surface area contributed by atoms with Crippen molar-refractivity contribution in [3.8, 4) is 6.07 Å². The van der Waals surface area contributed by atoms with E-state index in [2.05, 4.69) is 6.07 Å². The van der Waals surface area contributed by atoms with E-state index in [1.807, 2.05) is 30.3 Å². The van der Waals surface area contributed by atoms with Crippen molar-refractivity contribution < 1.29 is 14.5 Å². The molecule has 2 aromatic carbocycles. The van der Waals surface area contributed by atoms with Crippen LogP contribution in [0.25, 0.3) is 0 Å². The number of nitro benzene ring substituents is 1. The van der Waals surface area contributed by atoms with Crippen LogP contribution in [0.5, 0.6) is 0 Å². The minimum Gasteiger partial charge on any atom is -0.442 e. The molecule has 0 spiro atoms. The highest BCUT2D eigenvalue weighted by Gasteiger charge is 2.22. The van der Waals surface area contributed by atoms with Crippen LogP contribution in [0.15, 0.2) is 48.5 Å². The van der Waals surface area contributed by atoms with Gasteiger partial charge in [-0.3, -0.25) is 14.9 Å². The number of rotatable bonds is 5. The molecule has 0 fully saturated rings. The van der Waals surface area contributed by atoms with Gasteiger partial charge >= 0.3 is 5.97 Å².